The minimum Gasteiger partial charge on any atom is -0.335 e. The van der Waals surface area contributed by atoms with Crippen LogP contribution in [0.1, 0.15) is 19.8 Å². The van der Waals surface area contributed by atoms with Gasteiger partial charge in [0.05, 0.1) is 12.5 Å². The Morgan fingerprint density at radius 2 is 2.35 bits per heavy atom. The van der Waals surface area contributed by atoms with Gasteiger partial charge in [-0.15, -0.1) is 0 Å². The number of nitrogens with one attached hydrogen (secondary N) is 1. The summed E-state index contributed by atoms with van der Waals surface area (Å²) in [5, 5.41) is 0.155. The van der Waals surface area contributed by atoms with Gasteiger partial charge in [0.25, 0.3) is 10.0 Å². The maximum atomic E-state index is 12.3. The quantitative estimate of drug-likeness (QED) is 0.807. The van der Waals surface area contributed by atoms with E-state index in [-0.39, 0.29) is 17.0 Å². The van der Waals surface area contributed by atoms with E-state index in [0.717, 1.165) is 12.8 Å². The Balaban J connectivity index is 2.26. The Morgan fingerprint density at radius 1 is 1.59 bits per heavy atom. The third-order valence-corrected chi connectivity index (χ3v) is 5.22. The van der Waals surface area contributed by atoms with Crippen molar-refractivity contribution in [3.8, 4) is 0 Å². The minimum atomic E-state index is -3.45. The molecule has 1 fully saturated rings. The monoisotopic (exact) mass is 258 g/mol. The summed E-state index contributed by atoms with van der Waals surface area (Å²) in [5.41, 5.74) is 5.63. The first-order valence-corrected chi connectivity index (χ1v) is 7.20. The van der Waals surface area contributed by atoms with Gasteiger partial charge in [-0.3, -0.25) is 0 Å². The molecule has 1 aromatic rings. The summed E-state index contributed by atoms with van der Waals surface area (Å²) in [6.45, 7) is 2.96. The van der Waals surface area contributed by atoms with Crippen molar-refractivity contribution in [2.24, 2.45) is 11.7 Å². The fraction of sp³-hybridized carbons (Fsp3) is 0.700. The molecule has 2 rings (SSSR count). The predicted octanol–water partition coefficient (Wildman–Crippen LogP) is 0.158. The number of H-pyrrole nitrogens is 1. The SMILES string of the molecule is CC1CCC(CN)CN1S(=O)(=O)c1cnc[nH]1. The molecule has 96 valence electrons. The second-order valence-electron chi connectivity index (χ2n) is 4.52. The minimum absolute atomic E-state index is 0.0195. The van der Waals surface area contributed by atoms with Crippen molar-refractivity contribution in [2.75, 3.05) is 13.1 Å². The molecule has 17 heavy (non-hydrogen) atoms. The molecule has 1 saturated heterocycles. The highest BCUT2D eigenvalue weighted by Gasteiger charge is 2.35. The lowest BCUT2D eigenvalue weighted by atomic mass is 9.96. The summed E-state index contributed by atoms with van der Waals surface area (Å²) in [6.07, 6.45) is 4.57. The molecule has 2 unspecified atom stereocenters. The van der Waals surface area contributed by atoms with E-state index in [1.807, 2.05) is 6.92 Å². The number of sulfonamides is 1. The van der Waals surface area contributed by atoms with E-state index in [2.05, 4.69) is 9.97 Å². The number of aromatic amines is 1. The van der Waals surface area contributed by atoms with Crippen molar-refractivity contribution in [2.45, 2.75) is 30.8 Å². The van der Waals surface area contributed by atoms with E-state index >= 15 is 0 Å². The van der Waals surface area contributed by atoms with Crippen LogP contribution in [0.15, 0.2) is 17.6 Å². The molecule has 0 saturated carbocycles. The largest absolute Gasteiger partial charge is 0.335 e. The molecule has 2 atom stereocenters. The van der Waals surface area contributed by atoms with Gasteiger partial charge in [-0.25, -0.2) is 13.4 Å². The molecular formula is C10H18N4O2S. The molecule has 3 N–H and O–H groups in total. The summed E-state index contributed by atoms with van der Waals surface area (Å²) in [7, 11) is -3.45. The second-order valence-corrected chi connectivity index (χ2v) is 6.38. The third kappa shape index (κ3) is 2.36. The number of imidazole rings is 1. The van der Waals surface area contributed by atoms with Gasteiger partial charge in [-0.1, -0.05) is 0 Å². The van der Waals surface area contributed by atoms with Crippen molar-refractivity contribution in [1.82, 2.24) is 14.3 Å². The van der Waals surface area contributed by atoms with Crippen LogP contribution >= 0.6 is 0 Å². The Hall–Kier alpha value is -0.920. The van der Waals surface area contributed by atoms with Crippen LogP contribution in [0.5, 0.6) is 0 Å². The molecule has 0 amide bonds. The van der Waals surface area contributed by atoms with Gasteiger partial charge in [-0.2, -0.15) is 4.31 Å². The van der Waals surface area contributed by atoms with Crippen LogP contribution in [0.2, 0.25) is 0 Å². The molecule has 1 aromatic heterocycles. The molecule has 6 nitrogen and oxygen atoms in total. The number of hydrogen-bond acceptors (Lipinski definition) is 4. The molecule has 0 radical (unpaired) electrons. The molecule has 2 heterocycles. The van der Waals surface area contributed by atoms with Gasteiger partial charge in [0, 0.05) is 12.6 Å². The van der Waals surface area contributed by atoms with E-state index in [1.165, 1.54) is 16.8 Å². The van der Waals surface area contributed by atoms with Crippen LogP contribution in [-0.4, -0.2) is 41.8 Å². The smallest absolute Gasteiger partial charge is 0.260 e. The molecular weight excluding hydrogens is 240 g/mol. The molecule has 0 spiro atoms. The van der Waals surface area contributed by atoms with E-state index in [0.29, 0.717) is 13.1 Å². The summed E-state index contributed by atoms with van der Waals surface area (Å²) in [5.74, 6) is 0.254. The Labute approximate surface area is 101 Å². The van der Waals surface area contributed by atoms with E-state index in [1.54, 1.807) is 0 Å². The van der Waals surface area contributed by atoms with Crippen LogP contribution in [0, 0.1) is 5.92 Å². The zero-order valence-corrected chi connectivity index (χ0v) is 10.7. The molecule has 0 bridgehead atoms. The highest BCUT2D eigenvalue weighted by Crippen LogP contribution is 2.26. The van der Waals surface area contributed by atoms with Gasteiger partial charge in [0.1, 0.15) is 0 Å². The van der Waals surface area contributed by atoms with Gasteiger partial charge in [0.2, 0.25) is 0 Å². The third-order valence-electron chi connectivity index (χ3n) is 3.32. The van der Waals surface area contributed by atoms with Crippen LogP contribution in [0.3, 0.4) is 0 Å². The second kappa shape index (κ2) is 4.75. The maximum Gasteiger partial charge on any atom is 0.260 e. The molecule has 7 heteroatoms. The van der Waals surface area contributed by atoms with Gasteiger partial charge in [0.15, 0.2) is 5.03 Å². The standard InChI is InChI=1S/C10H18N4O2S/c1-8-2-3-9(4-11)6-14(8)17(15,16)10-5-12-7-13-10/h5,7-9H,2-4,6,11H2,1H3,(H,12,13). The van der Waals surface area contributed by atoms with Crippen LogP contribution in [0.25, 0.3) is 0 Å². The summed E-state index contributed by atoms with van der Waals surface area (Å²) in [6, 6.07) is 0.0195. The summed E-state index contributed by atoms with van der Waals surface area (Å²) < 4.78 is 26.2. The first-order chi connectivity index (χ1) is 8.05. The normalized spacial score (nSPS) is 27.2. The zero-order valence-electron chi connectivity index (χ0n) is 9.83. The van der Waals surface area contributed by atoms with Crippen molar-refractivity contribution in [3.63, 3.8) is 0 Å². The number of piperidine rings is 1. The maximum absolute atomic E-state index is 12.3. The molecule has 0 aromatic carbocycles. The topological polar surface area (TPSA) is 92.1 Å². The van der Waals surface area contributed by atoms with E-state index in [9.17, 15) is 8.42 Å². The lowest BCUT2D eigenvalue weighted by Crippen LogP contribution is -2.47. The summed E-state index contributed by atoms with van der Waals surface area (Å²) >= 11 is 0. The average Bonchev–Trinajstić information content (AvgIpc) is 2.83. The summed E-state index contributed by atoms with van der Waals surface area (Å²) in [4.78, 5) is 6.42. The van der Waals surface area contributed by atoms with Crippen molar-refractivity contribution >= 4 is 10.0 Å². The molecule has 0 aliphatic carbocycles. The van der Waals surface area contributed by atoms with Crippen molar-refractivity contribution < 1.29 is 8.42 Å². The first kappa shape index (κ1) is 12.5. The zero-order chi connectivity index (χ0) is 12.5. The number of hydrogen-bond donors (Lipinski definition) is 2. The van der Waals surface area contributed by atoms with E-state index in [4.69, 9.17) is 5.73 Å². The number of nitrogens with zero attached hydrogens (tertiary/aromatic N) is 2. The Morgan fingerprint density at radius 3 is 2.94 bits per heavy atom. The van der Waals surface area contributed by atoms with Crippen molar-refractivity contribution in [1.29, 1.82) is 0 Å². The van der Waals surface area contributed by atoms with Gasteiger partial charge in [-0.05, 0) is 32.2 Å². The van der Waals surface area contributed by atoms with Crippen LogP contribution in [-0.2, 0) is 10.0 Å². The first-order valence-electron chi connectivity index (χ1n) is 5.76. The number of rotatable bonds is 3. The number of nitrogens with two attached hydrogens (primary N) is 1. The molecule has 1 aliphatic rings. The lowest BCUT2D eigenvalue weighted by molar-refractivity contribution is 0.210. The lowest BCUT2D eigenvalue weighted by Gasteiger charge is -2.36. The van der Waals surface area contributed by atoms with Crippen LogP contribution in [0.4, 0.5) is 0 Å². The Bertz CT molecular complexity index is 457. The van der Waals surface area contributed by atoms with Crippen LogP contribution < -0.4 is 5.73 Å². The highest BCUT2D eigenvalue weighted by atomic mass is 32.2. The number of aromatic nitrogens is 2. The highest BCUT2D eigenvalue weighted by molar-refractivity contribution is 7.89. The van der Waals surface area contributed by atoms with E-state index < -0.39 is 10.0 Å². The van der Waals surface area contributed by atoms with Crippen molar-refractivity contribution in [3.05, 3.63) is 12.5 Å². The predicted molar refractivity (Wildman–Crippen MR) is 63.7 cm³/mol. The fourth-order valence-electron chi connectivity index (χ4n) is 2.18. The average molecular weight is 258 g/mol. The fourth-order valence-corrected chi connectivity index (χ4v) is 3.82. The molecule has 1 aliphatic heterocycles. The Kier molecular flexibility index (Phi) is 3.50. The van der Waals surface area contributed by atoms with Gasteiger partial charge >= 0.3 is 0 Å². The van der Waals surface area contributed by atoms with Gasteiger partial charge < -0.3 is 10.7 Å².